The van der Waals surface area contributed by atoms with Crippen LogP contribution in [0.5, 0.6) is 23.0 Å². The molecule has 1 spiro atoms. The number of amides is 13. The Labute approximate surface area is 681 Å². The van der Waals surface area contributed by atoms with Crippen LogP contribution in [-0.4, -0.2) is 217 Å². The number of benzene rings is 4. The zero-order chi connectivity index (χ0) is 85.4. The Bertz CT molecular complexity index is 4600. The van der Waals surface area contributed by atoms with Gasteiger partial charge in [-0.25, -0.2) is 9.78 Å². The number of ether oxygens (including phenoxy) is 2. The van der Waals surface area contributed by atoms with Gasteiger partial charge in [-0.2, -0.15) is 11.8 Å². The van der Waals surface area contributed by atoms with Crippen molar-refractivity contribution in [1.29, 1.82) is 0 Å². The number of aliphatic hydroxyl groups is 1. The number of carbonyl (C=O) groups is 14. The summed E-state index contributed by atoms with van der Waals surface area (Å²) >= 11 is 7.06. The third-order valence-corrected chi connectivity index (χ3v) is 19.9. The normalized spacial score (nSPS) is 14.5. The highest BCUT2D eigenvalue weighted by molar-refractivity contribution is 7.98. The number of phenolic OH excluding ortho intramolecular Hbond substituents is 2. The molecule has 0 aliphatic carbocycles. The Hall–Kier alpha value is -12.4. The number of aromatic nitrogens is 3. The summed E-state index contributed by atoms with van der Waals surface area (Å²) in [5.74, 6) is -12.3. The second-order valence-electron chi connectivity index (χ2n) is 28.7. The maximum absolute atomic E-state index is 14.5. The van der Waals surface area contributed by atoms with Crippen molar-refractivity contribution in [2.24, 2.45) is 29.0 Å². The number of para-hydroxylation sites is 1. The second kappa shape index (κ2) is 42.3. The fourth-order valence-corrected chi connectivity index (χ4v) is 13.7. The molecule has 628 valence electrons. The van der Waals surface area contributed by atoms with Crippen molar-refractivity contribution in [1.82, 2.24) is 78.8 Å². The number of H-pyrrole nitrogens is 2. The summed E-state index contributed by atoms with van der Waals surface area (Å²) in [6, 6.07) is 8.21. The monoisotopic (exact) mass is 1660 g/mol. The number of aliphatic hydroxyl groups excluding tert-OH is 1. The van der Waals surface area contributed by atoms with E-state index in [0.29, 0.717) is 63.1 Å². The number of nitrogens with one attached hydrogen (secondary N) is 15. The van der Waals surface area contributed by atoms with Crippen molar-refractivity contribution in [3.05, 3.63) is 131 Å². The lowest BCUT2D eigenvalue weighted by Gasteiger charge is -2.36. The molecule has 2 aliphatic heterocycles. The van der Waals surface area contributed by atoms with Gasteiger partial charge in [-0.05, 0) is 136 Å². The van der Waals surface area contributed by atoms with E-state index in [1.807, 2.05) is 20.1 Å². The van der Waals surface area contributed by atoms with Gasteiger partial charge in [-0.1, -0.05) is 52.0 Å². The molecule has 0 bridgehead atoms. The van der Waals surface area contributed by atoms with E-state index in [0.717, 1.165) is 0 Å². The van der Waals surface area contributed by atoms with Crippen LogP contribution in [-0.2, 0) is 85.5 Å². The van der Waals surface area contributed by atoms with Gasteiger partial charge in [0.25, 0.3) is 0 Å². The van der Waals surface area contributed by atoms with Gasteiger partial charge >= 0.3 is 5.97 Å². The number of fused-ring (bicyclic) bond motifs is 7. The van der Waals surface area contributed by atoms with E-state index in [2.05, 4.69) is 84.1 Å². The van der Waals surface area contributed by atoms with Crippen LogP contribution in [0.1, 0.15) is 118 Å². The van der Waals surface area contributed by atoms with Gasteiger partial charge in [-0.3, -0.25) is 62.3 Å². The summed E-state index contributed by atoms with van der Waals surface area (Å²) < 4.78 is 12.2. The zero-order valence-electron chi connectivity index (χ0n) is 65.1. The van der Waals surface area contributed by atoms with Crippen LogP contribution in [0.15, 0.2) is 97.6 Å². The first kappa shape index (κ1) is 90.1. The fraction of sp³-hybridized carbons (Fsp3) is 0.429. The molecule has 0 saturated heterocycles. The molecule has 6 aromatic rings. The Morgan fingerprint density at radius 2 is 1.15 bits per heavy atom. The number of aromatic amines is 2. The lowest BCUT2D eigenvalue weighted by atomic mass is 9.77. The molecule has 0 saturated carbocycles. The first-order valence-corrected chi connectivity index (χ1v) is 39.5. The molecular formula is C77H99N19O19S2. The van der Waals surface area contributed by atoms with Crippen LogP contribution in [0.3, 0.4) is 0 Å². The summed E-state index contributed by atoms with van der Waals surface area (Å²) in [5, 5.41) is 64.8. The number of rotatable bonds is 43. The highest BCUT2D eigenvalue weighted by Gasteiger charge is 2.54. The van der Waals surface area contributed by atoms with E-state index in [1.54, 1.807) is 68.6 Å². The number of nitrogens with zero attached hydrogens (tertiary/aromatic N) is 1. The topological polar surface area (TPSA) is 597 Å². The summed E-state index contributed by atoms with van der Waals surface area (Å²) in [4.78, 5) is 200. The molecule has 2 aromatic heterocycles. The third-order valence-electron chi connectivity index (χ3n) is 19.0. The van der Waals surface area contributed by atoms with Crippen molar-refractivity contribution in [3.8, 4) is 23.0 Å². The maximum Gasteiger partial charge on any atom is 0.340 e. The number of hydrogen-bond acceptors (Lipinski definition) is 23. The molecule has 8 rings (SSSR count). The number of hydrogen-bond donors (Lipinski definition) is 21. The lowest BCUT2D eigenvalue weighted by Crippen LogP contribution is -2.59. The molecule has 4 aromatic carbocycles. The van der Waals surface area contributed by atoms with Crippen molar-refractivity contribution < 1.29 is 91.9 Å². The highest BCUT2D eigenvalue weighted by atomic mass is 32.2. The van der Waals surface area contributed by atoms with E-state index in [-0.39, 0.29) is 78.2 Å². The number of thioether (sulfide) groups is 1. The van der Waals surface area contributed by atoms with E-state index < -0.39 is 188 Å². The van der Waals surface area contributed by atoms with Crippen molar-refractivity contribution in [2.75, 3.05) is 50.1 Å². The predicted molar refractivity (Wildman–Crippen MR) is 431 cm³/mol. The molecule has 24 N–H and O–H groups in total. The molecule has 0 radical (unpaired) electrons. The number of unbranched alkanes of at least 4 members (excludes halogenated alkanes) is 1. The van der Waals surface area contributed by atoms with Crippen molar-refractivity contribution in [3.63, 3.8) is 0 Å². The number of aromatic hydroxyl groups is 2. The fourth-order valence-electron chi connectivity index (χ4n) is 13.0. The van der Waals surface area contributed by atoms with Crippen LogP contribution in [0.25, 0.3) is 10.9 Å². The number of esters is 1. The van der Waals surface area contributed by atoms with E-state index >= 15 is 0 Å². The van der Waals surface area contributed by atoms with Gasteiger partial charge in [0.05, 0.1) is 43.8 Å². The molecule has 117 heavy (non-hydrogen) atoms. The Balaban J connectivity index is 0.848. The number of anilines is 1. The van der Waals surface area contributed by atoms with Crippen LogP contribution >= 0.6 is 24.0 Å². The van der Waals surface area contributed by atoms with Crippen molar-refractivity contribution >= 4 is 128 Å². The molecule has 9 atom stereocenters. The average molecular weight is 1660 g/mol. The maximum atomic E-state index is 14.5. The first-order valence-electron chi connectivity index (χ1n) is 37.7. The van der Waals surface area contributed by atoms with E-state index in [4.69, 9.17) is 38.9 Å². The highest BCUT2D eigenvalue weighted by Crippen LogP contribution is 2.57. The second-order valence-corrected chi connectivity index (χ2v) is 30.1. The molecule has 13 amide bonds. The quantitative estimate of drug-likeness (QED) is 0.0119. The number of thiocarbonyl (C=S) groups is 1. The summed E-state index contributed by atoms with van der Waals surface area (Å²) in [6.45, 7) is 5.07. The Kier molecular flexibility index (Phi) is 32.5. The smallest absolute Gasteiger partial charge is 0.340 e. The predicted octanol–water partition coefficient (Wildman–Crippen LogP) is -1.42. The number of phenols is 2. The Morgan fingerprint density at radius 1 is 0.590 bits per heavy atom. The SMILES string of the molecule is CSCC[C@@H](NC(=O)[C@H](CC(C)C)NC(=O)[C@H](Cc1c[nH]cn1)NC(=O)CNC(=O)[C@@H](NC(=O)[C@H](C)NC(=O)[C@H](Cc1c[nH]c2ccccc12)NC(=O)[C@H](CCC(N)=O)NC(=O)CNC(=O)[C@H](CO)NC(=O)CNC(=O)[C@H](CCCCN)NC(=S)Nc1ccc2c(c1)C(=O)OC21c2ccc(O)cc2Oc2cc(O)ccc21)C(C)C)C(N)=O. The van der Waals surface area contributed by atoms with E-state index in [1.165, 1.54) is 61.5 Å². The van der Waals surface area contributed by atoms with Crippen LogP contribution in [0.4, 0.5) is 5.69 Å². The standard InChI is InChI=1S/C77H99N19O19S2/c1-38(2)25-55(72(110)92-52(66(80)104)22-24-117-6)93-73(111)57(28-43-32-81-37-86-43)90-63(102)35-85-74(112)65(39(3)4)96-67(105)40(5)87-71(109)56(26-41-31-82-51-12-8-7-11-46(41)51)94-70(108)54(20-21-61(79)100)89-62(101)33-84-69(107)58(36-97)91-64(103)34-83-68(106)53(13-9-10-23-78)95-76(116)88-42-14-17-48-47(27-42)75(113)115-77(48)49-18-15-44(98)29-59(49)114-60-30-45(99)16-19-50(60)77/h7-8,11-12,14-19,27,29-32,37-40,52-58,65,82,97-99H,9-10,13,20-26,28,33-36,78H2,1-6H3,(H2,79,100)(H2,80,104)(H,81,86)(H,83,106)(H,84,107)(H,85,112)(H,87,109)(H,89,101)(H,90,102)(H,91,103)(H,92,110)(H,93,111)(H,94,108)(H,96,105)(H2,88,95,116)/t40-,52+,53-,54-,55-,56-,57-,58-,65-/m0/s1. The number of carbonyl (C=O) groups excluding carboxylic acids is 14. The van der Waals surface area contributed by atoms with Crippen LogP contribution in [0, 0.1) is 11.8 Å². The molecule has 0 fully saturated rings. The molecule has 38 nitrogen and oxygen atoms in total. The van der Waals surface area contributed by atoms with Gasteiger partial charge in [0, 0.05) is 77.1 Å². The van der Waals surface area contributed by atoms with Crippen LogP contribution in [0.2, 0.25) is 0 Å². The molecule has 4 heterocycles. The van der Waals surface area contributed by atoms with Crippen LogP contribution < -0.4 is 91.1 Å². The summed E-state index contributed by atoms with van der Waals surface area (Å²) in [5.41, 5.74) is 18.5. The van der Waals surface area contributed by atoms with Gasteiger partial charge in [0.1, 0.15) is 77.4 Å². The zero-order valence-corrected chi connectivity index (χ0v) is 66.7. The van der Waals surface area contributed by atoms with Crippen molar-refractivity contribution in [2.45, 2.75) is 152 Å². The van der Waals surface area contributed by atoms with Gasteiger partial charge in [0.2, 0.25) is 76.8 Å². The van der Waals surface area contributed by atoms with Gasteiger partial charge < -0.3 is 121 Å². The Morgan fingerprint density at radius 3 is 1.75 bits per heavy atom. The number of imidazole rings is 1. The third kappa shape index (κ3) is 24.8. The van der Waals surface area contributed by atoms with E-state index in [9.17, 15) is 82.4 Å². The molecular weight excluding hydrogens is 1560 g/mol. The first-order chi connectivity index (χ1) is 55.7. The number of nitrogens with two attached hydrogens (primary N) is 3. The minimum Gasteiger partial charge on any atom is -0.508 e. The lowest BCUT2D eigenvalue weighted by molar-refractivity contribution is -0.135. The molecule has 0 unspecified atom stereocenters. The molecule has 2 aliphatic rings. The number of primary amides is 2. The summed E-state index contributed by atoms with van der Waals surface area (Å²) in [7, 11) is 0. The minimum absolute atomic E-state index is 0.0713. The van der Waals surface area contributed by atoms with Gasteiger partial charge in [-0.15, -0.1) is 0 Å². The largest absolute Gasteiger partial charge is 0.508 e. The van der Waals surface area contributed by atoms with Gasteiger partial charge in [0.15, 0.2) is 10.7 Å². The summed E-state index contributed by atoms with van der Waals surface area (Å²) in [6.07, 6.45) is 6.41. The molecule has 40 heteroatoms. The minimum atomic E-state index is -1.70. The average Bonchev–Trinajstić information content (AvgIpc) is 1.58.